The number of fused-ring (bicyclic) bond motifs is 1. The zero-order valence-electron chi connectivity index (χ0n) is 9.01. The van der Waals surface area contributed by atoms with Crippen molar-refractivity contribution in [2.24, 2.45) is 0 Å². The summed E-state index contributed by atoms with van der Waals surface area (Å²) < 4.78 is 5.41. The third-order valence-electron chi connectivity index (χ3n) is 4.08. The minimum atomic E-state index is 0.402. The lowest BCUT2D eigenvalue weighted by molar-refractivity contribution is 0.0656. The average Bonchev–Trinajstić information content (AvgIpc) is 2.84. The lowest BCUT2D eigenvalue weighted by Gasteiger charge is -2.30. The Morgan fingerprint density at radius 2 is 2.21 bits per heavy atom. The molecule has 0 N–H and O–H groups in total. The van der Waals surface area contributed by atoms with Gasteiger partial charge in [0, 0.05) is 19.2 Å². The third-order valence-corrected chi connectivity index (χ3v) is 4.08. The van der Waals surface area contributed by atoms with Crippen molar-refractivity contribution in [3.8, 4) is 0 Å². The first-order valence-electron chi connectivity index (χ1n) is 5.78. The molecule has 0 spiro atoms. The van der Waals surface area contributed by atoms with Crippen LogP contribution in [0.2, 0.25) is 0 Å². The average molecular weight is 193 g/mol. The van der Waals surface area contributed by atoms with E-state index < -0.39 is 0 Å². The van der Waals surface area contributed by atoms with Gasteiger partial charge in [-0.05, 0) is 38.6 Å². The topological polar surface area (TPSA) is 12.5 Å². The van der Waals surface area contributed by atoms with E-state index in [4.69, 9.17) is 4.74 Å². The second-order valence-corrected chi connectivity index (χ2v) is 5.07. The molecular formula is C12H19NO. The highest BCUT2D eigenvalue weighted by atomic mass is 16.5. The Labute approximate surface area is 85.9 Å². The molecule has 2 saturated heterocycles. The van der Waals surface area contributed by atoms with Gasteiger partial charge in [-0.3, -0.25) is 4.90 Å². The molecule has 0 aromatic heterocycles. The summed E-state index contributed by atoms with van der Waals surface area (Å²) in [6.45, 7) is 3.47. The van der Waals surface area contributed by atoms with Crippen LogP contribution in [-0.2, 0) is 4.74 Å². The first kappa shape index (κ1) is 8.93. The van der Waals surface area contributed by atoms with E-state index in [1.54, 1.807) is 11.1 Å². The number of ether oxygens (including phenoxy) is 1. The van der Waals surface area contributed by atoms with Crippen molar-refractivity contribution in [1.29, 1.82) is 0 Å². The molecule has 78 valence electrons. The molecule has 0 unspecified atom stereocenters. The molecule has 0 aromatic rings. The Kier molecular flexibility index (Phi) is 1.96. The molecule has 3 fully saturated rings. The molecule has 0 bridgehead atoms. The fourth-order valence-corrected chi connectivity index (χ4v) is 3.26. The summed E-state index contributed by atoms with van der Waals surface area (Å²) in [6.07, 6.45) is 6.78. The zero-order chi connectivity index (χ0) is 9.60. The van der Waals surface area contributed by atoms with Crippen molar-refractivity contribution in [3.05, 3.63) is 11.1 Å². The number of rotatable bonds is 2. The fraction of sp³-hybridized carbons (Fsp3) is 0.833. The maximum Gasteiger partial charge on any atom is 0.0649 e. The van der Waals surface area contributed by atoms with E-state index in [1.807, 2.05) is 7.11 Å². The second-order valence-electron chi connectivity index (χ2n) is 5.07. The Hall–Kier alpha value is -0.340. The van der Waals surface area contributed by atoms with Crippen molar-refractivity contribution >= 4 is 0 Å². The van der Waals surface area contributed by atoms with Gasteiger partial charge in [-0.2, -0.15) is 0 Å². The normalized spacial score (nSPS) is 36.6. The Bertz CT molecular complexity index is 278. The summed E-state index contributed by atoms with van der Waals surface area (Å²) in [7, 11) is 1.84. The van der Waals surface area contributed by atoms with Crippen LogP contribution in [0.5, 0.6) is 0 Å². The van der Waals surface area contributed by atoms with Gasteiger partial charge in [0.15, 0.2) is 0 Å². The molecule has 2 aliphatic heterocycles. The lowest BCUT2D eigenvalue weighted by Crippen LogP contribution is -2.42. The summed E-state index contributed by atoms with van der Waals surface area (Å²) in [5, 5.41) is 0. The molecule has 2 heterocycles. The van der Waals surface area contributed by atoms with Crippen molar-refractivity contribution in [2.45, 2.75) is 37.6 Å². The maximum atomic E-state index is 5.41. The Morgan fingerprint density at radius 1 is 1.36 bits per heavy atom. The van der Waals surface area contributed by atoms with E-state index in [-0.39, 0.29) is 0 Å². The molecule has 1 saturated carbocycles. The zero-order valence-corrected chi connectivity index (χ0v) is 9.01. The summed E-state index contributed by atoms with van der Waals surface area (Å²) in [5.41, 5.74) is 3.91. The van der Waals surface area contributed by atoms with Crippen LogP contribution in [0, 0.1) is 0 Å². The van der Waals surface area contributed by atoms with Crippen LogP contribution in [0.25, 0.3) is 0 Å². The molecule has 2 heteroatoms. The van der Waals surface area contributed by atoms with Crippen LogP contribution >= 0.6 is 0 Å². The summed E-state index contributed by atoms with van der Waals surface area (Å²) in [5.74, 6) is 0. The highest BCUT2D eigenvalue weighted by Gasteiger charge is 2.47. The standard InChI is InChI=1S/C12H19NO/c1-14-9-12-5-2-6-13(12)8-11(7-12)10-3-4-10/h2-9H2,1H3/t12-/m0/s1. The fourth-order valence-electron chi connectivity index (χ4n) is 3.26. The quantitative estimate of drug-likeness (QED) is 0.622. The minimum absolute atomic E-state index is 0.402. The van der Waals surface area contributed by atoms with Gasteiger partial charge in [0.1, 0.15) is 0 Å². The van der Waals surface area contributed by atoms with Gasteiger partial charge in [-0.15, -0.1) is 0 Å². The Balaban J connectivity index is 1.84. The first-order valence-corrected chi connectivity index (χ1v) is 5.78. The maximum absolute atomic E-state index is 5.41. The van der Waals surface area contributed by atoms with E-state index in [0.717, 1.165) is 6.61 Å². The third kappa shape index (κ3) is 1.24. The van der Waals surface area contributed by atoms with Crippen molar-refractivity contribution in [1.82, 2.24) is 4.90 Å². The van der Waals surface area contributed by atoms with Crippen LogP contribution in [-0.4, -0.2) is 37.2 Å². The molecular weight excluding hydrogens is 174 g/mol. The molecule has 14 heavy (non-hydrogen) atoms. The van der Waals surface area contributed by atoms with Crippen molar-refractivity contribution in [2.75, 3.05) is 26.8 Å². The van der Waals surface area contributed by atoms with Crippen LogP contribution < -0.4 is 0 Å². The van der Waals surface area contributed by atoms with Crippen LogP contribution in [0.3, 0.4) is 0 Å². The second kappa shape index (κ2) is 3.07. The number of hydrogen-bond donors (Lipinski definition) is 0. The molecule has 1 aliphatic carbocycles. The van der Waals surface area contributed by atoms with Crippen molar-refractivity contribution < 1.29 is 4.74 Å². The SMILES string of the molecule is COC[C@@]12CCCN1CC(=C1CC1)C2. The number of methoxy groups -OCH3 is 1. The summed E-state index contributed by atoms with van der Waals surface area (Å²) in [4.78, 5) is 2.66. The van der Waals surface area contributed by atoms with E-state index in [9.17, 15) is 0 Å². The molecule has 3 rings (SSSR count). The smallest absolute Gasteiger partial charge is 0.0649 e. The van der Waals surface area contributed by atoms with Crippen LogP contribution in [0.15, 0.2) is 11.1 Å². The van der Waals surface area contributed by atoms with Gasteiger partial charge in [-0.1, -0.05) is 11.1 Å². The van der Waals surface area contributed by atoms with Gasteiger partial charge in [0.05, 0.1) is 6.61 Å². The predicted octanol–water partition coefficient (Wildman–Crippen LogP) is 1.96. The van der Waals surface area contributed by atoms with Gasteiger partial charge in [0.25, 0.3) is 0 Å². The monoisotopic (exact) mass is 193 g/mol. The largest absolute Gasteiger partial charge is 0.383 e. The molecule has 0 aromatic carbocycles. The molecule has 1 atom stereocenters. The number of hydrogen-bond acceptors (Lipinski definition) is 2. The van der Waals surface area contributed by atoms with Gasteiger partial charge in [0.2, 0.25) is 0 Å². The van der Waals surface area contributed by atoms with Gasteiger partial charge < -0.3 is 4.74 Å². The van der Waals surface area contributed by atoms with Crippen LogP contribution in [0.1, 0.15) is 32.1 Å². The molecule has 0 amide bonds. The summed E-state index contributed by atoms with van der Waals surface area (Å²) >= 11 is 0. The van der Waals surface area contributed by atoms with E-state index in [0.29, 0.717) is 5.54 Å². The Morgan fingerprint density at radius 3 is 2.93 bits per heavy atom. The van der Waals surface area contributed by atoms with Gasteiger partial charge >= 0.3 is 0 Å². The minimum Gasteiger partial charge on any atom is -0.383 e. The van der Waals surface area contributed by atoms with E-state index >= 15 is 0 Å². The lowest BCUT2D eigenvalue weighted by atomic mass is 9.93. The highest BCUT2D eigenvalue weighted by Crippen LogP contribution is 2.46. The van der Waals surface area contributed by atoms with Crippen molar-refractivity contribution in [3.63, 3.8) is 0 Å². The van der Waals surface area contributed by atoms with Crippen LogP contribution in [0.4, 0.5) is 0 Å². The molecule has 0 radical (unpaired) electrons. The molecule has 2 nitrogen and oxygen atoms in total. The summed E-state index contributed by atoms with van der Waals surface area (Å²) in [6, 6.07) is 0. The predicted molar refractivity (Wildman–Crippen MR) is 56.3 cm³/mol. The molecule has 3 aliphatic rings. The van der Waals surface area contributed by atoms with Gasteiger partial charge in [-0.25, -0.2) is 0 Å². The highest BCUT2D eigenvalue weighted by molar-refractivity contribution is 5.32. The van der Waals surface area contributed by atoms with E-state index in [2.05, 4.69) is 4.90 Å². The number of allylic oxidation sites excluding steroid dienone is 1. The number of nitrogens with zero attached hydrogens (tertiary/aromatic N) is 1. The van der Waals surface area contributed by atoms with E-state index in [1.165, 1.54) is 45.2 Å². The first-order chi connectivity index (χ1) is 6.84.